The molecule has 1 fully saturated rings. The van der Waals surface area contributed by atoms with Crippen LogP contribution in [0.15, 0.2) is 85.3 Å². The number of likely N-dealkylation sites (N-methyl/N-ethyl adjacent to an activating group) is 1. The molecule has 0 radical (unpaired) electrons. The predicted octanol–water partition coefficient (Wildman–Crippen LogP) is 4.91. The van der Waals surface area contributed by atoms with Crippen LogP contribution in [0, 0.1) is 0 Å². The van der Waals surface area contributed by atoms with E-state index in [0.29, 0.717) is 24.7 Å². The first-order chi connectivity index (χ1) is 17.6. The van der Waals surface area contributed by atoms with Crippen LogP contribution in [-0.2, 0) is 4.79 Å². The van der Waals surface area contributed by atoms with Gasteiger partial charge in [-0.05, 0) is 63.0 Å². The number of ether oxygens (including phenoxy) is 2. The van der Waals surface area contributed by atoms with Crippen LogP contribution in [-0.4, -0.2) is 64.0 Å². The Morgan fingerprint density at radius 3 is 2.47 bits per heavy atom. The number of hydrogen-bond donors (Lipinski definition) is 0. The Labute approximate surface area is 210 Å². The molecule has 0 aliphatic carbocycles. The van der Waals surface area contributed by atoms with Crippen molar-refractivity contribution < 1.29 is 14.3 Å². The fourth-order valence-corrected chi connectivity index (χ4v) is 4.30. The second kappa shape index (κ2) is 10.6. The van der Waals surface area contributed by atoms with Crippen LogP contribution in [0.3, 0.4) is 0 Å². The lowest BCUT2D eigenvalue weighted by atomic mass is 10.2. The number of fused-ring (bicyclic) bond motifs is 1. The van der Waals surface area contributed by atoms with Gasteiger partial charge in [0.05, 0.1) is 11.6 Å². The Balaban J connectivity index is 1.31. The normalized spacial score (nSPS) is 15.8. The average Bonchev–Trinajstić information content (AvgIpc) is 3.54. The minimum atomic E-state index is 0.0429. The van der Waals surface area contributed by atoms with Crippen LogP contribution in [0.4, 0.5) is 0 Å². The van der Waals surface area contributed by atoms with Crippen molar-refractivity contribution in [2.24, 2.45) is 0 Å². The third kappa shape index (κ3) is 5.39. The van der Waals surface area contributed by atoms with Crippen LogP contribution in [0.2, 0.25) is 0 Å². The number of likely N-dealkylation sites (tertiary alicyclic amines) is 1. The number of rotatable bonds is 8. The van der Waals surface area contributed by atoms with Gasteiger partial charge in [0.25, 0.3) is 0 Å². The lowest BCUT2D eigenvalue weighted by Crippen LogP contribution is -2.27. The molecule has 0 bridgehead atoms. The molecule has 8 heteroatoms. The Morgan fingerprint density at radius 1 is 1.00 bits per heavy atom. The highest BCUT2D eigenvalue weighted by molar-refractivity contribution is 5.88. The summed E-state index contributed by atoms with van der Waals surface area (Å²) in [7, 11) is 3.96. The molecule has 3 heterocycles. The van der Waals surface area contributed by atoms with E-state index in [-0.39, 0.29) is 11.9 Å². The van der Waals surface area contributed by atoms with Crippen molar-refractivity contribution in [2.45, 2.75) is 12.5 Å². The minimum Gasteiger partial charge on any atom is -0.457 e. The largest absolute Gasteiger partial charge is 0.457 e. The van der Waals surface area contributed by atoms with Crippen molar-refractivity contribution in [3.63, 3.8) is 0 Å². The second-order valence-corrected chi connectivity index (χ2v) is 9.02. The van der Waals surface area contributed by atoms with E-state index in [9.17, 15) is 4.79 Å². The number of hydrogen-bond acceptors (Lipinski definition) is 6. The summed E-state index contributed by atoms with van der Waals surface area (Å²) in [6, 6.07) is 19.2. The molecule has 1 aliphatic rings. The molecule has 0 unspecified atom stereocenters. The predicted molar refractivity (Wildman–Crippen MR) is 138 cm³/mol. The van der Waals surface area contributed by atoms with Crippen molar-refractivity contribution in [1.82, 2.24) is 24.3 Å². The van der Waals surface area contributed by atoms with Gasteiger partial charge in [0.1, 0.15) is 29.1 Å². The van der Waals surface area contributed by atoms with Gasteiger partial charge in [-0.1, -0.05) is 24.3 Å². The highest BCUT2D eigenvalue weighted by Gasteiger charge is 2.28. The molecule has 184 valence electrons. The number of para-hydroxylation sites is 1. The van der Waals surface area contributed by atoms with Crippen LogP contribution >= 0.6 is 0 Å². The zero-order chi connectivity index (χ0) is 24.9. The zero-order valence-electron chi connectivity index (χ0n) is 20.4. The Hall–Kier alpha value is -4.17. The molecule has 2 aromatic heterocycles. The van der Waals surface area contributed by atoms with Crippen molar-refractivity contribution in [1.29, 1.82) is 0 Å². The standard InChI is InChI=1S/C28H29N5O3/c1-31(2)16-6-9-26(34)32-17-14-21(19-32)33-18-15-25-27(33)28(30-20-29-25)36-24-12-10-23(11-13-24)35-22-7-4-3-5-8-22/h3-13,15,18,20-21H,14,16-17,19H2,1-2H3/t21-/m0/s1. The van der Waals surface area contributed by atoms with E-state index in [2.05, 4.69) is 14.5 Å². The smallest absolute Gasteiger partial charge is 0.247 e. The van der Waals surface area contributed by atoms with E-state index >= 15 is 0 Å². The maximum Gasteiger partial charge on any atom is 0.247 e. The first-order valence-electron chi connectivity index (χ1n) is 12.0. The van der Waals surface area contributed by atoms with Crippen molar-refractivity contribution >= 4 is 16.9 Å². The van der Waals surface area contributed by atoms with Gasteiger partial charge in [0.15, 0.2) is 0 Å². The van der Waals surface area contributed by atoms with Crippen LogP contribution in [0.5, 0.6) is 23.1 Å². The number of amides is 1. The van der Waals surface area contributed by atoms with Gasteiger partial charge in [0, 0.05) is 31.9 Å². The molecule has 1 saturated heterocycles. The fraction of sp³-hybridized carbons (Fsp3) is 0.250. The number of benzene rings is 2. The molecule has 8 nitrogen and oxygen atoms in total. The van der Waals surface area contributed by atoms with Crippen LogP contribution < -0.4 is 9.47 Å². The van der Waals surface area contributed by atoms with Gasteiger partial charge in [-0.2, -0.15) is 4.98 Å². The van der Waals surface area contributed by atoms with Gasteiger partial charge in [-0.3, -0.25) is 4.79 Å². The molecule has 2 aromatic carbocycles. The van der Waals surface area contributed by atoms with Gasteiger partial charge < -0.3 is 23.8 Å². The summed E-state index contributed by atoms with van der Waals surface area (Å²) in [5.41, 5.74) is 1.63. The van der Waals surface area contributed by atoms with E-state index in [0.717, 1.165) is 35.5 Å². The average molecular weight is 484 g/mol. The molecular weight excluding hydrogens is 454 g/mol. The lowest BCUT2D eigenvalue weighted by molar-refractivity contribution is -0.125. The second-order valence-electron chi connectivity index (χ2n) is 9.02. The van der Waals surface area contributed by atoms with E-state index in [1.807, 2.05) is 96.8 Å². The summed E-state index contributed by atoms with van der Waals surface area (Å²) in [5.74, 6) is 2.68. The first-order valence-corrected chi connectivity index (χ1v) is 12.0. The maximum absolute atomic E-state index is 12.6. The molecule has 1 atom stereocenters. The van der Waals surface area contributed by atoms with Crippen LogP contribution in [0.25, 0.3) is 11.0 Å². The van der Waals surface area contributed by atoms with E-state index in [4.69, 9.17) is 9.47 Å². The quantitative estimate of drug-likeness (QED) is 0.332. The summed E-state index contributed by atoms with van der Waals surface area (Å²) >= 11 is 0. The number of carbonyl (C=O) groups excluding carboxylic acids is 1. The molecule has 0 N–H and O–H groups in total. The molecule has 1 amide bonds. The number of nitrogens with zero attached hydrogens (tertiary/aromatic N) is 5. The summed E-state index contributed by atoms with van der Waals surface area (Å²) in [6.07, 6.45) is 7.94. The van der Waals surface area contributed by atoms with Gasteiger partial charge >= 0.3 is 0 Å². The number of carbonyl (C=O) groups is 1. The molecule has 36 heavy (non-hydrogen) atoms. The third-order valence-electron chi connectivity index (χ3n) is 6.08. The first kappa shape index (κ1) is 23.6. The Kier molecular flexibility index (Phi) is 6.95. The van der Waals surface area contributed by atoms with E-state index < -0.39 is 0 Å². The summed E-state index contributed by atoms with van der Waals surface area (Å²) < 4.78 is 14.2. The lowest BCUT2D eigenvalue weighted by Gasteiger charge is -2.17. The van der Waals surface area contributed by atoms with Gasteiger partial charge in [-0.15, -0.1) is 0 Å². The summed E-state index contributed by atoms with van der Waals surface area (Å²) in [4.78, 5) is 25.4. The Morgan fingerprint density at radius 2 is 1.72 bits per heavy atom. The minimum absolute atomic E-state index is 0.0429. The van der Waals surface area contributed by atoms with Gasteiger partial charge in [-0.25, -0.2) is 4.98 Å². The fourth-order valence-electron chi connectivity index (χ4n) is 4.30. The van der Waals surface area contributed by atoms with Crippen LogP contribution in [0.1, 0.15) is 12.5 Å². The highest BCUT2D eigenvalue weighted by Crippen LogP contribution is 2.33. The topological polar surface area (TPSA) is 72.7 Å². The van der Waals surface area contributed by atoms with Crippen molar-refractivity contribution in [3.8, 4) is 23.1 Å². The highest BCUT2D eigenvalue weighted by atomic mass is 16.5. The summed E-state index contributed by atoms with van der Waals surface area (Å²) in [5, 5.41) is 0. The number of aromatic nitrogens is 3. The maximum atomic E-state index is 12.6. The van der Waals surface area contributed by atoms with E-state index in [1.54, 1.807) is 6.08 Å². The Bertz CT molecular complexity index is 1350. The molecule has 0 saturated carbocycles. The van der Waals surface area contributed by atoms with Crippen molar-refractivity contribution in [2.75, 3.05) is 33.7 Å². The van der Waals surface area contributed by atoms with Crippen molar-refractivity contribution in [3.05, 3.63) is 85.3 Å². The monoisotopic (exact) mass is 483 g/mol. The third-order valence-corrected chi connectivity index (χ3v) is 6.08. The molecule has 4 aromatic rings. The molecular formula is C28H29N5O3. The molecule has 5 rings (SSSR count). The summed E-state index contributed by atoms with van der Waals surface area (Å²) in [6.45, 7) is 2.08. The molecule has 0 spiro atoms. The molecule has 1 aliphatic heterocycles. The zero-order valence-corrected chi connectivity index (χ0v) is 20.4. The van der Waals surface area contributed by atoms with E-state index in [1.165, 1.54) is 6.33 Å². The SMILES string of the molecule is CN(C)CC=CC(=O)N1CC[C@H](n2ccc3ncnc(Oc4ccc(Oc5ccccc5)cc4)c32)C1. The van der Waals surface area contributed by atoms with Gasteiger partial charge in [0.2, 0.25) is 11.8 Å².